The lowest BCUT2D eigenvalue weighted by atomic mass is 10.1. The Bertz CT molecular complexity index is 885. The van der Waals surface area contributed by atoms with Crippen molar-refractivity contribution in [3.8, 4) is 11.5 Å². The summed E-state index contributed by atoms with van der Waals surface area (Å²) in [5, 5.41) is 27.3. The second-order valence-electron chi connectivity index (χ2n) is 4.93. The summed E-state index contributed by atoms with van der Waals surface area (Å²) in [5.74, 6) is -0.740. The van der Waals surface area contributed by atoms with Crippen molar-refractivity contribution in [2.24, 2.45) is 5.10 Å². The number of aromatic hydroxyl groups is 1. The summed E-state index contributed by atoms with van der Waals surface area (Å²) in [4.78, 5) is 26.1. The van der Waals surface area contributed by atoms with E-state index < -0.39 is 4.92 Å². The topological polar surface area (TPSA) is 136 Å². The Kier molecular flexibility index (Phi) is 7.07. The Morgan fingerprint density at radius 1 is 1.59 bits per heavy atom. The minimum atomic E-state index is -0.612. The zero-order valence-electron chi connectivity index (χ0n) is 14.3. The smallest absolute Gasteiger partial charge is 0.311 e. The van der Waals surface area contributed by atoms with Gasteiger partial charge in [0, 0.05) is 5.38 Å². The zero-order valence-corrected chi connectivity index (χ0v) is 16.7. The van der Waals surface area contributed by atoms with E-state index in [9.17, 15) is 20.0 Å². The molecule has 10 nitrogen and oxygen atoms in total. The molecule has 0 amide bonds. The normalized spacial score (nSPS) is 10.8. The zero-order chi connectivity index (χ0) is 20.0. The van der Waals surface area contributed by atoms with Crippen LogP contribution in [-0.4, -0.2) is 40.9 Å². The summed E-state index contributed by atoms with van der Waals surface area (Å²) in [7, 11) is 1.28. The van der Waals surface area contributed by atoms with E-state index in [1.165, 1.54) is 24.7 Å². The lowest BCUT2D eigenvalue weighted by Crippen LogP contribution is -2.07. The number of anilines is 1. The number of nitrogens with one attached hydrogen (secondary N) is 1. The minimum absolute atomic E-state index is 0.0458. The molecule has 1 aromatic carbocycles. The second kappa shape index (κ2) is 9.28. The SMILES string of the molecule is CCOC(=O)Cc1csc(NN=Cc2c(O)c(OC)cc([N+](=O)[O-])c2Br)n1. The first kappa shape index (κ1) is 20.6. The van der Waals surface area contributed by atoms with Gasteiger partial charge in [0.25, 0.3) is 5.69 Å². The van der Waals surface area contributed by atoms with E-state index in [4.69, 9.17) is 9.47 Å². The molecule has 0 saturated carbocycles. The van der Waals surface area contributed by atoms with Crippen molar-refractivity contribution in [2.45, 2.75) is 13.3 Å². The molecule has 0 aliphatic heterocycles. The third-order valence-electron chi connectivity index (χ3n) is 3.17. The monoisotopic (exact) mass is 458 g/mol. The molecule has 0 atom stereocenters. The fraction of sp³-hybridized carbons (Fsp3) is 0.267. The van der Waals surface area contributed by atoms with Gasteiger partial charge in [0.1, 0.15) is 4.47 Å². The highest BCUT2D eigenvalue weighted by Gasteiger charge is 2.22. The number of methoxy groups -OCH3 is 1. The number of halogens is 1. The van der Waals surface area contributed by atoms with Crippen LogP contribution >= 0.6 is 27.3 Å². The van der Waals surface area contributed by atoms with Crippen LogP contribution < -0.4 is 10.2 Å². The predicted molar refractivity (Wildman–Crippen MR) is 103 cm³/mol. The van der Waals surface area contributed by atoms with Gasteiger partial charge in [0.2, 0.25) is 5.13 Å². The number of phenolic OH excluding ortho intramolecular Hbond substituents is 1. The van der Waals surface area contributed by atoms with Gasteiger partial charge in [0.05, 0.1) is 48.6 Å². The van der Waals surface area contributed by atoms with E-state index in [2.05, 4.69) is 31.4 Å². The number of phenols is 1. The van der Waals surface area contributed by atoms with Crippen LogP contribution in [-0.2, 0) is 16.0 Å². The molecular formula is C15H15BrN4O6S. The van der Waals surface area contributed by atoms with Gasteiger partial charge in [-0.15, -0.1) is 11.3 Å². The number of carbonyl (C=O) groups is 1. The summed E-state index contributed by atoms with van der Waals surface area (Å²) >= 11 is 4.31. The molecule has 12 heteroatoms. The van der Waals surface area contributed by atoms with E-state index in [0.29, 0.717) is 17.4 Å². The molecular weight excluding hydrogens is 444 g/mol. The number of hydrogen-bond donors (Lipinski definition) is 2. The average molecular weight is 459 g/mol. The second-order valence-corrected chi connectivity index (χ2v) is 6.58. The molecule has 0 fully saturated rings. The lowest BCUT2D eigenvalue weighted by molar-refractivity contribution is -0.385. The number of thiazole rings is 1. The van der Waals surface area contributed by atoms with E-state index in [1.807, 2.05) is 0 Å². The highest BCUT2D eigenvalue weighted by Crippen LogP contribution is 2.40. The summed E-state index contributed by atoms with van der Waals surface area (Å²) in [6.45, 7) is 2.01. The van der Waals surface area contributed by atoms with Crippen LogP contribution in [0.3, 0.4) is 0 Å². The maximum atomic E-state index is 11.4. The number of nitrogens with zero attached hydrogens (tertiary/aromatic N) is 3. The average Bonchev–Trinajstić information content (AvgIpc) is 3.05. The number of aromatic nitrogens is 1. The number of esters is 1. The van der Waals surface area contributed by atoms with Crippen LogP contribution in [0.5, 0.6) is 11.5 Å². The van der Waals surface area contributed by atoms with Crippen LogP contribution in [0.1, 0.15) is 18.2 Å². The van der Waals surface area contributed by atoms with Crippen molar-refractivity contribution in [2.75, 3.05) is 19.1 Å². The Morgan fingerprint density at radius 3 is 2.96 bits per heavy atom. The molecule has 2 rings (SSSR count). The quantitative estimate of drug-likeness (QED) is 0.266. The van der Waals surface area contributed by atoms with E-state index >= 15 is 0 Å². The van der Waals surface area contributed by atoms with Crippen LogP contribution in [0.25, 0.3) is 0 Å². The Morgan fingerprint density at radius 2 is 2.33 bits per heavy atom. The Hall–Kier alpha value is -2.73. The van der Waals surface area contributed by atoms with Crippen molar-refractivity contribution >= 4 is 50.3 Å². The van der Waals surface area contributed by atoms with Crippen LogP contribution in [0.2, 0.25) is 0 Å². The molecule has 2 aromatic rings. The number of nitro benzene ring substituents is 1. The maximum Gasteiger partial charge on any atom is 0.311 e. The molecule has 0 saturated heterocycles. The molecule has 0 aliphatic carbocycles. The number of benzene rings is 1. The Balaban J connectivity index is 2.17. The molecule has 0 bridgehead atoms. The predicted octanol–water partition coefficient (Wildman–Crippen LogP) is 3.08. The first-order valence-corrected chi connectivity index (χ1v) is 9.17. The number of hydrazone groups is 1. The minimum Gasteiger partial charge on any atom is -0.504 e. The van der Waals surface area contributed by atoms with E-state index in [1.54, 1.807) is 12.3 Å². The summed E-state index contributed by atoms with van der Waals surface area (Å²) < 4.78 is 9.85. The van der Waals surface area contributed by atoms with E-state index in [-0.39, 0.29) is 39.6 Å². The largest absolute Gasteiger partial charge is 0.504 e. The number of nitro groups is 1. The van der Waals surface area contributed by atoms with Gasteiger partial charge >= 0.3 is 5.97 Å². The van der Waals surface area contributed by atoms with Crippen molar-refractivity contribution in [3.05, 3.63) is 37.3 Å². The number of carbonyl (C=O) groups excluding carboxylic acids is 1. The van der Waals surface area contributed by atoms with Gasteiger partial charge < -0.3 is 14.6 Å². The fourth-order valence-electron chi connectivity index (χ4n) is 1.99. The molecule has 0 aliphatic rings. The summed E-state index contributed by atoms with van der Waals surface area (Å²) in [6, 6.07) is 1.10. The standard InChI is InChI=1S/C15H15BrN4O6S/c1-3-26-12(21)4-8-7-27-15(18-8)19-17-6-9-13(16)10(20(23)24)5-11(25-2)14(9)22/h5-7,22H,3-4H2,1-2H3,(H,18,19). The first-order chi connectivity index (χ1) is 12.9. The van der Waals surface area contributed by atoms with Gasteiger partial charge in [-0.1, -0.05) is 0 Å². The summed E-state index contributed by atoms with van der Waals surface area (Å²) in [6.07, 6.45) is 1.24. The number of rotatable bonds is 8. The molecule has 0 radical (unpaired) electrons. The fourth-order valence-corrected chi connectivity index (χ4v) is 3.20. The first-order valence-electron chi connectivity index (χ1n) is 7.50. The maximum absolute atomic E-state index is 11.4. The van der Waals surface area contributed by atoms with Crippen LogP contribution in [0.4, 0.5) is 10.8 Å². The lowest BCUT2D eigenvalue weighted by Gasteiger charge is -2.08. The third kappa shape index (κ3) is 5.14. The van der Waals surface area contributed by atoms with Crippen LogP contribution in [0.15, 0.2) is 21.0 Å². The Labute approximate surface area is 166 Å². The van der Waals surface area contributed by atoms with Crippen LogP contribution in [0, 0.1) is 10.1 Å². The van der Waals surface area contributed by atoms with Crippen molar-refractivity contribution in [1.82, 2.24) is 4.98 Å². The summed E-state index contributed by atoms with van der Waals surface area (Å²) in [5.41, 5.74) is 2.95. The molecule has 0 spiro atoms. The third-order valence-corrected chi connectivity index (χ3v) is 4.80. The highest BCUT2D eigenvalue weighted by atomic mass is 79.9. The van der Waals surface area contributed by atoms with Crippen molar-refractivity contribution in [3.63, 3.8) is 0 Å². The number of ether oxygens (including phenoxy) is 2. The molecule has 2 N–H and O–H groups in total. The van der Waals surface area contributed by atoms with Gasteiger partial charge in [-0.2, -0.15) is 5.10 Å². The van der Waals surface area contributed by atoms with Gasteiger partial charge in [-0.3, -0.25) is 20.3 Å². The van der Waals surface area contributed by atoms with Gasteiger partial charge in [-0.25, -0.2) is 4.98 Å². The molecule has 1 aromatic heterocycles. The van der Waals surface area contributed by atoms with E-state index in [0.717, 1.165) is 6.07 Å². The van der Waals surface area contributed by atoms with Crippen molar-refractivity contribution < 1.29 is 24.3 Å². The molecule has 0 unspecified atom stereocenters. The molecule has 144 valence electrons. The highest BCUT2D eigenvalue weighted by molar-refractivity contribution is 9.10. The number of hydrogen-bond acceptors (Lipinski definition) is 10. The molecule has 27 heavy (non-hydrogen) atoms. The van der Waals surface area contributed by atoms with Crippen molar-refractivity contribution in [1.29, 1.82) is 0 Å². The molecule has 1 heterocycles. The van der Waals surface area contributed by atoms with Gasteiger partial charge in [0.15, 0.2) is 11.5 Å². The van der Waals surface area contributed by atoms with Gasteiger partial charge in [-0.05, 0) is 22.9 Å².